The molecule has 0 aliphatic carbocycles. The van der Waals surface area contributed by atoms with Crippen molar-refractivity contribution in [3.63, 3.8) is 0 Å². The van der Waals surface area contributed by atoms with Gasteiger partial charge in [0.05, 0.1) is 13.2 Å². The van der Waals surface area contributed by atoms with E-state index in [1.165, 1.54) is 0 Å². The second kappa shape index (κ2) is 9.30. The molecule has 0 aliphatic heterocycles. The summed E-state index contributed by atoms with van der Waals surface area (Å²) < 4.78 is 22.0. The SMILES string of the molecule is CCCCC#CSP(=O)(OCC)OCC. The van der Waals surface area contributed by atoms with Gasteiger partial charge in [0.1, 0.15) is 0 Å². The van der Waals surface area contributed by atoms with Crippen LogP contribution < -0.4 is 0 Å². The maximum absolute atomic E-state index is 11.9. The van der Waals surface area contributed by atoms with Crippen LogP contribution in [0.2, 0.25) is 0 Å². The van der Waals surface area contributed by atoms with E-state index < -0.39 is 6.80 Å². The lowest BCUT2D eigenvalue weighted by molar-refractivity contribution is 0.237. The second-order valence-electron chi connectivity index (χ2n) is 2.76. The molecule has 0 saturated carbocycles. The molecule has 0 radical (unpaired) electrons. The lowest BCUT2D eigenvalue weighted by Crippen LogP contribution is -1.90. The molecule has 15 heavy (non-hydrogen) atoms. The van der Waals surface area contributed by atoms with Crippen molar-refractivity contribution >= 4 is 18.2 Å². The molecule has 0 fully saturated rings. The molecule has 0 aromatic heterocycles. The van der Waals surface area contributed by atoms with E-state index >= 15 is 0 Å². The molecule has 0 rings (SSSR count). The van der Waals surface area contributed by atoms with Crippen molar-refractivity contribution in [1.29, 1.82) is 0 Å². The minimum Gasteiger partial charge on any atom is -0.300 e. The lowest BCUT2D eigenvalue weighted by atomic mass is 10.3. The fourth-order valence-electron chi connectivity index (χ4n) is 0.811. The largest absolute Gasteiger partial charge is 0.401 e. The van der Waals surface area contributed by atoms with E-state index in [9.17, 15) is 4.57 Å². The molecule has 0 aliphatic rings. The molecule has 0 N–H and O–H groups in total. The van der Waals surface area contributed by atoms with Crippen LogP contribution in [0, 0.1) is 11.2 Å². The molecule has 3 nitrogen and oxygen atoms in total. The van der Waals surface area contributed by atoms with Crippen LogP contribution in [0.15, 0.2) is 0 Å². The molecule has 88 valence electrons. The summed E-state index contributed by atoms with van der Waals surface area (Å²) in [5.74, 6) is 2.94. The molecule has 0 bridgehead atoms. The summed E-state index contributed by atoms with van der Waals surface area (Å²) >= 11 is 0.973. The van der Waals surface area contributed by atoms with Crippen LogP contribution in [0.3, 0.4) is 0 Å². The van der Waals surface area contributed by atoms with Crippen LogP contribution in [-0.2, 0) is 13.6 Å². The summed E-state index contributed by atoms with van der Waals surface area (Å²) in [6, 6.07) is 0. The minimum absolute atomic E-state index is 0.376. The third-order valence-electron chi connectivity index (χ3n) is 1.46. The first-order chi connectivity index (χ1) is 7.18. The third-order valence-corrected chi connectivity index (χ3v) is 4.64. The van der Waals surface area contributed by atoms with Crippen molar-refractivity contribution in [2.24, 2.45) is 0 Å². The van der Waals surface area contributed by atoms with Crippen molar-refractivity contribution in [2.75, 3.05) is 13.2 Å². The van der Waals surface area contributed by atoms with Crippen molar-refractivity contribution < 1.29 is 13.6 Å². The molecule has 0 saturated heterocycles. The number of hydrogen-bond acceptors (Lipinski definition) is 4. The standard InChI is InChI=1S/C10H19O3PS/c1-4-7-8-9-10-15-14(11,12-5-2)13-6-3/h4-8H2,1-3H3. The van der Waals surface area contributed by atoms with Gasteiger partial charge in [-0.05, 0) is 25.5 Å². The van der Waals surface area contributed by atoms with E-state index in [0.717, 1.165) is 30.6 Å². The van der Waals surface area contributed by atoms with Crippen LogP contribution in [0.5, 0.6) is 0 Å². The molecule has 0 atom stereocenters. The van der Waals surface area contributed by atoms with Crippen molar-refractivity contribution in [2.45, 2.75) is 40.0 Å². The van der Waals surface area contributed by atoms with Gasteiger partial charge >= 0.3 is 6.80 Å². The highest BCUT2D eigenvalue weighted by molar-refractivity contribution is 8.57. The van der Waals surface area contributed by atoms with E-state index in [1.807, 2.05) is 0 Å². The smallest absolute Gasteiger partial charge is 0.300 e. The first-order valence-corrected chi connectivity index (χ1v) is 8.20. The summed E-state index contributed by atoms with van der Waals surface area (Å²) in [6.07, 6.45) is 3.02. The molecule has 0 unspecified atom stereocenters. The zero-order valence-corrected chi connectivity index (χ0v) is 11.3. The van der Waals surface area contributed by atoms with E-state index in [0.29, 0.717) is 13.2 Å². The van der Waals surface area contributed by atoms with Gasteiger partial charge in [-0.1, -0.05) is 19.3 Å². The summed E-state index contributed by atoms with van der Waals surface area (Å²) in [5, 5.41) is 2.78. The molecule has 0 aromatic carbocycles. The fraction of sp³-hybridized carbons (Fsp3) is 0.800. The molecule has 0 spiro atoms. The predicted octanol–water partition coefficient (Wildman–Crippen LogP) is 4.05. The summed E-state index contributed by atoms with van der Waals surface area (Å²) in [5.41, 5.74) is 0. The molecular formula is C10H19O3PS. The van der Waals surface area contributed by atoms with Gasteiger partial charge < -0.3 is 9.05 Å². The van der Waals surface area contributed by atoms with Gasteiger partial charge in [-0.15, -0.1) is 0 Å². The van der Waals surface area contributed by atoms with Gasteiger partial charge in [0.2, 0.25) is 0 Å². The van der Waals surface area contributed by atoms with Gasteiger partial charge in [-0.3, -0.25) is 0 Å². The normalized spacial score (nSPS) is 10.9. The average molecular weight is 250 g/mol. The monoisotopic (exact) mass is 250 g/mol. The first kappa shape index (κ1) is 15.1. The number of rotatable bonds is 7. The highest BCUT2D eigenvalue weighted by atomic mass is 32.7. The Morgan fingerprint density at radius 2 is 1.80 bits per heavy atom. The predicted molar refractivity (Wildman–Crippen MR) is 65.8 cm³/mol. The quantitative estimate of drug-likeness (QED) is 0.388. The summed E-state index contributed by atoms with van der Waals surface area (Å²) in [7, 11) is 0. The Labute approximate surface area is 96.6 Å². The van der Waals surface area contributed by atoms with Crippen molar-refractivity contribution in [3.8, 4) is 11.2 Å². The van der Waals surface area contributed by atoms with Gasteiger partial charge in [0, 0.05) is 17.8 Å². The minimum atomic E-state index is -3.02. The Morgan fingerprint density at radius 1 is 1.20 bits per heavy atom. The van der Waals surface area contributed by atoms with Crippen LogP contribution in [0.1, 0.15) is 40.0 Å². The van der Waals surface area contributed by atoms with E-state index in [4.69, 9.17) is 9.05 Å². The number of hydrogen-bond donors (Lipinski definition) is 0. The Morgan fingerprint density at radius 3 is 2.27 bits per heavy atom. The van der Waals surface area contributed by atoms with E-state index in [2.05, 4.69) is 18.1 Å². The van der Waals surface area contributed by atoms with E-state index in [1.54, 1.807) is 13.8 Å². The van der Waals surface area contributed by atoms with E-state index in [-0.39, 0.29) is 0 Å². The third kappa shape index (κ3) is 7.93. The zero-order chi connectivity index (χ0) is 11.6. The van der Waals surface area contributed by atoms with Gasteiger partial charge in [-0.25, -0.2) is 4.57 Å². The summed E-state index contributed by atoms with van der Waals surface area (Å²) in [6.45, 7) is 3.41. The topological polar surface area (TPSA) is 35.5 Å². The second-order valence-corrected chi connectivity index (χ2v) is 6.44. The fourth-order valence-corrected chi connectivity index (χ4v) is 3.38. The number of unbranched alkanes of at least 4 members (excludes halogenated alkanes) is 2. The zero-order valence-electron chi connectivity index (χ0n) is 9.62. The molecular weight excluding hydrogens is 231 g/mol. The van der Waals surface area contributed by atoms with Crippen LogP contribution in [-0.4, -0.2) is 13.2 Å². The lowest BCUT2D eigenvalue weighted by Gasteiger charge is -2.12. The maximum Gasteiger partial charge on any atom is 0.401 e. The Balaban J connectivity index is 4.03. The van der Waals surface area contributed by atoms with Crippen molar-refractivity contribution in [3.05, 3.63) is 0 Å². The highest BCUT2D eigenvalue weighted by Crippen LogP contribution is 2.60. The van der Waals surface area contributed by atoms with Crippen LogP contribution in [0.25, 0.3) is 0 Å². The van der Waals surface area contributed by atoms with Gasteiger partial charge in [0.15, 0.2) is 0 Å². The molecule has 5 heteroatoms. The van der Waals surface area contributed by atoms with Gasteiger partial charge in [-0.2, -0.15) is 0 Å². The summed E-state index contributed by atoms with van der Waals surface area (Å²) in [4.78, 5) is 0. The van der Waals surface area contributed by atoms with Crippen LogP contribution >= 0.6 is 18.2 Å². The van der Waals surface area contributed by atoms with Crippen molar-refractivity contribution in [1.82, 2.24) is 0 Å². The Bertz CT molecular complexity index is 247. The maximum atomic E-state index is 11.9. The highest BCUT2D eigenvalue weighted by Gasteiger charge is 2.23. The van der Waals surface area contributed by atoms with Crippen LogP contribution in [0.4, 0.5) is 0 Å². The Kier molecular flexibility index (Phi) is 9.33. The molecule has 0 heterocycles. The molecule has 0 aromatic rings. The van der Waals surface area contributed by atoms with Gasteiger partial charge in [0.25, 0.3) is 0 Å². The Hall–Kier alpha value is 0.0600. The first-order valence-electron chi connectivity index (χ1n) is 5.24. The average Bonchev–Trinajstić information content (AvgIpc) is 2.18. The molecule has 0 amide bonds.